The quantitative estimate of drug-likeness (QED) is 0.140. The highest BCUT2D eigenvalue weighted by molar-refractivity contribution is 5.90. The zero-order chi connectivity index (χ0) is 45.6. The van der Waals surface area contributed by atoms with Crippen LogP contribution in [-0.2, 0) is 5.41 Å². The van der Waals surface area contributed by atoms with E-state index in [9.17, 15) is 0 Å². The Balaban J connectivity index is 0.863. The van der Waals surface area contributed by atoms with E-state index in [2.05, 4.69) is 280 Å². The molecule has 11 aromatic carbocycles. The fourth-order valence-corrected chi connectivity index (χ4v) is 10.5. The molecule has 1 nitrogen and oxygen atoms in total. The fourth-order valence-electron chi connectivity index (χ4n) is 10.5. The fraction of sp³-hybridized carbons (Fsp3) is 0.0448. The summed E-state index contributed by atoms with van der Waals surface area (Å²) in [6, 6.07) is 95.4. The van der Waals surface area contributed by atoms with Crippen molar-refractivity contribution in [2.75, 3.05) is 4.90 Å². The van der Waals surface area contributed by atoms with E-state index in [-0.39, 0.29) is 5.41 Å². The standard InChI is InChI=1S/C67H49N/c1-67(2)65-24-9-8-21-63(65)64-23-12-22-62(66(64)67)52-35-41-61(42-36-52)68(60-39-33-51(34-40-60)55-18-10-17-54(43-55)46-13-4-3-5-14-46)59-37-31-49(32-38-59)48-25-27-50(28-26-48)56-19-11-20-57(44-56)58-30-29-47-15-6-7-16-53(47)45-58/h3-45H,1-2H3. The zero-order valence-electron chi connectivity index (χ0n) is 38.3. The van der Waals surface area contributed by atoms with Crippen LogP contribution in [0.4, 0.5) is 17.1 Å². The second-order valence-electron chi connectivity index (χ2n) is 18.5. The van der Waals surface area contributed by atoms with Crippen LogP contribution in [0, 0.1) is 0 Å². The molecule has 0 amide bonds. The lowest BCUT2D eigenvalue weighted by atomic mass is 9.79. The van der Waals surface area contributed by atoms with Crippen molar-refractivity contribution in [1.82, 2.24) is 0 Å². The summed E-state index contributed by atoms with van der Waals surface area (Å²) in [5.74, 6) is 0. The molecule has 1 heteroatoms. The van der Waals surface area contributed by atoms with Gasteiger partial charge in [-0.3, -0.25) is 0 Å². The first kappa shape index (κ1) is 40.9. The molecule has 0 heterocycles. The van der Waals surface area contributed by atoms with Gasteiger partial charge in [0.2, 0.25) is 0 Å². The molecule has 1 aliphatic carbocycles. The van der Waals surface area contributed by atoms with Gasteiger partial charge in [-0.15, -0.1) is 0 Å². The molecule has 0 bridgehead atoms. The van der Waals surface area contributed by atoms with E-state index in [1.165, 1.54) is 99.8 Å². The van der Waals surface area contributed by atoms with Gasteiger partial charge in [0, 0.05) is 22.5 Å². The molecule has 0 atom stereocenters. The molecule has 0 unspecified atom stereocenters. The number of hydrogen-bond acceptors (Lipinski definition) is 1. The third-order valence-electron chi connectivity index (χ3n) is 14.1. The maximum absolute atomic E-state index is 2.37. The van der Waals surface area contributed by atoms with E-state index >= 15 is 0 Å². The van der Waals surface area contributed by atoms with E-state index in [1.54, 1.807) is 0 Å². The van der Waals surface area contributed by atoms with Gasteiger partial charge >= 0.3 is 0 Å². The number of hydrogen-bond donors (Lipinski definition) is 0. The predicted octanol–water partition coefficient (Wildman–Crippen LogP) is 18.6. The molecule has 0 aliphatic heterocycles. The molecule has 0 N–H and O–H groups in total. The van der Waals surface area contributed by atoms with Crippen LogP contribution in [0.2, 0.25) is 0 Å². The predicted molar refractivity (Wildman–Crippen MR) is 289 cm³/mol. The van der Waals surface area contributed by atoms with Crippen molar-refractivity contribution in [2.24, 2.45) is 0 Å². The van der Waals surface area contributed by atoms with Gasteiger partial charge in [0.15, 0.2) is 0 Å². The molecule has 11 aromatic rings. The first-order valence-electron chi connectivity index (χ1n) is 23.6. The van der Waals surface area contributed by atoms with Crippen molar-refractivity contribution in [1.29, 1.82) is 0 Å². The topological polar surface area (TPSA) is 3.24 Å². The van der Waals surface area contributed by atoms with Gasteiger partial charge in [0.1, 0.15) is 0 Å². The Morgan fingerprint density at radius 3 is 1.21 bits per heavy atom. The average molecular weight is 868 g/mol. The summed E-state index contributed by atoms with van der Waals surface area (Å²) in [6.07, 6.45) is 0. The van der Waals surface area contributed by atoms with Crippen LogP contribution in [0.25, 0.3) is 88.7 Å². The van der Waals surface area contributed by atoms with Crippen molar-refractivity contribution in [3.05, 3.63) is 272 Å². The van der Waals surface area contributed by atoms with Crippen molar-refractivity contribution in [2.45, 2.75) is 19.3 Å². The summed E-state index contributed by atoms with van der Waals surface area (Å²) in [7, 11) is 0. The van der Waals surface area contributed by atoms with Crippen LogP contribution in [0.15, 0.2) is 261 Å². The number of fused-ring (bicyclic) bond motifs is 4. The number of benzene rings is 11. The average Bonchev–Trinajstić information content (AvgIpc) is 3.65. The Hall–Kier alpha value is -8.52. The van der Waals surface area contributed by atoms with Gasteiger partial charge in [-0.05, 0) is 154 Å². The molecule has 0 fully saturated rings. The minimum absolute atomic E-state index is 0.0961. The molecule has 1 aliphatic rings. The third kappa shape index (κ3) is 7.49. The van der Waals surface area contributed by atoms with Crippen LogP contribution in [-0.4, -0.2) is 0 Å². The lowest BCUT2D eigenvalue weighted by molar-refractivity contribution is 0.662. The largest absolute Gasteiger partial charge is 0.311 e. The monoisotopic (exact) mass is 867 g/mol. The third-order valence-corrected chi connectivity index (χ3v) is 14.1. The maximum Gasteiger partial charge on any atom is 0.0462 e. The smallest absolute Gasteiger partial charge is 0.0462 e. The molecular formula is C67H49N. The number of rotatable bonds is 9. The summed E-state index contributed by atoms with van der Waals surface area (Å²) < 4.78 is 0. The van der Waals surface area contributed by atoms with Crippen molar-refractivity contribution in [3.8, 4) is 77.9 Å². The highest BCUT2D eigenvalue weighted by Gasteiger charge is 2.37. The Morgan fingerprint density at radius 1 is 0.250 bits per heavy atom. The van der Waals surface area contributed by atoms with E-state index < -0.39 is 0 Å². The lowest BCUT2D eigenvalue weighted by Crippen LogP contribution is -2.16. The molecule has 0 spiro atoms. The summed E-state index contributed by atoms with van der Waals surface area (Å²) in [4.78, 5) is 2.37. The van der Waals surface area contributed by atoms with Crippen LogP contribution < -0.4 is 4.90 Å². The minimum Gasteiger partial charge on any atom is -0.311 e. The number of nitrogens with zero attached hydrogens (tertiary/aromatic N) is 1. The molecule has 12 rings (SSSR count). The molecule has 0 saturated carbocycles. The normalized spacial score (nSPS) is 12.4. The van der Waals surface area contributed by atoms with Gasteiger partial charge in [-0.25, -0.2) is 0 Å². The molecule has 322 valence electrons. The highest BCUT2D eigenvalue weighted by atomic mass is 15.1. The molecule has 0 aromatic heterocycles. The van der Waals surface area contributed by atoms with Crippen LogP contribution in [0.5, 0.6) is 0 Å². The van der Waals surface area contributed by atoms with E-state index in [0.717, 1.165) is 17.1 Å². The number of anilines is 3. The highest BCUT2D eigenvalue weighted by Crippen LogP contribution is 2.52. The molecular weight excluding hydrogens is 819 g/mol. The Labute approximate surface area is 399 Å². The minimum atomic E-state index is -0.0961. The Kier molecular flexibility index (Phi) is 10.3. The van der Waals surface area contributed by atoms with Crippen LogP contribution in [0.3, 0.4) is 0 Å². The van der Waals surface area contributed by atoms with Gasteiger partial charge in [-0.2, -0.15) is 0 Å². The second-order valence-corrected chi connectivity index (χ2v) is 18.5. The summed E-state index contributed by atoms with van der Waals surface area (Å²) in [6.45, 7) is 4.73. The summed E-state index contributed by atoms with van der Waals surface area (Å²) in [5.41, 5.74) is 23.2. The van der Waals surface area contributed by atoms with Gasteiger partial charge in [0.05, 0.1) is 0 Å². The van der Waals surface area contributed by atoms with E-state index in [0.29, 0.717) is 0 Å². The van der Waals surface area contributed by atoms with Crippen molar-refractivity contribution < 1.29 is 0 Å². The van der Waals surface area contributed by atoms with Crippen molar-refractivity contribution >= 4 is 27.8 Å². The van der Waals surface area contributed by atoms with Crippen molar-refractivity contribution in [3.63, 3.8) is 0 Å². The molecule has 68 heavy (non-hydrogen) atoms. The first-order chi connectivity index (χ1) is 33.4. The van der Waals surface area contributed by atoms with Gasteiger partial charge in [0.25, 0.3) is 0 Å². The van der Waals surface area contributed by atoms with Gasteiger partial charge in [-0.1, -0.05) is 220 Å². The molecule has 0 saturated heterocycles. The van der Waals surface area contributed by atoms with Crippen LogP contribution >= 0.6 is 0 Å². The maximum atomic E-state index is 2.37. The SMILES string of the molecule is CC1(C)c2ccccc2-c2cccc(-c3ccc(N(c4ccc(-c5ccc(-c6cccc(-c7ccc8ccccc8c7)c6)cc5)cc4)c4ccc(-c5cccc(-c6ccccc6)c5)cc4)cc3)c21. The Morgan fingerprint density at radius 2 is 0.618 bits per heavy atom. The molecule has 0 radical (unpaired) electrons. The zero-order valence-corrected chi connectivity index (χ0v) is 38.3. The van der Waals surface area contributed by atoms with E-state index in [1.807, 2.05) is 0 Å². The van der Waals surface area contributed by atoms with Gasteiger partial charge < -0.3 is 4.90 Å². The first-order valence-corrected chi connectivity index (χ1v) is 23.6. The Bertz CT molecular complexity index is 3600. The summed E-state index contributed by atoms with van der Waals surface area (Å²) >= 11 is 0. The summed E-state index contributed by atoms with van der Waals surface area (Å²) in [5, 5.41) is 2.52. The van der Waals surface area contributed by atoms with Crippen LogP contribution in [0.1, 0.15) is 25.0 Å². The second kappa shape index (κ2) is 17.0. The van der Waals surface area contributed by atoms with E-state index in [4.69, 9.17) is 0 Å². The lowest BCUT2D eigenvalue weighted by Gasteiger charge is -2.27.